The minimum Gasteiger partial charge on any atom is -0.480 e. The van der Waals surface area contributed by atoms with E-state index in [0.29, 0.717) is 19.4 Å². The lowest BCUT2D eigenvalue weighted by Crippen LogP contribution is -2.37. The Hall–Kier alpha value is -1.36. The van der Waals surface area contributed by atoms with Crippen LogP contribution in [0.25, 0.3) is 0 Å². The zero-order valence-corrected chi connectivity index (χ0v) is 10.7. The van der Waals surface area contributed by atoms with E-state index >= 15 is 0 Å². The van der Waals surface area contributed by atoms with E-state index in [1.165, 1.54) is 4.90 Å². The number of hydrogen-bond acceptors (Lipinski definition) is 2. The van der Waals surface area contributed by atoms with Crippen LogP contribution in [0.15, 0.2) is 28.7 Å². The summed E-state index contributed by atoms with van der Waals surface area (Å²) < 4.78 is 0.892. The second-order valence-corrected chi connectivity index (χ2v) is 4.86. The summed E-state index contributed by atoms with van der Waals surface area (Å²) in [4.78, 5) is 24.1. The Labute approximate surface area is 107 Å². The van der Waals surface area contributed by atoms with Crippen molar-refractivity contribution in [3.8, 4) is 0 Å². The van der Waals surface area contributed by atoms with Crippen LogP contribution in [0, 0.1) is 0 Å². The van der Waals surface area contributed by atoms with Gasteiger partial charge in [-0.1, -0.05) is 34.1 Å². The van der Waals surface area contributed by atoms with Gasteiger partial charge in [-0.25, -0.2) is 4.79 Å². The van der Waals surface area contributed by atoms with E-state index in [-0.39, 0.29) is 5.91 Å². The van der Waals surface area contributed by atoms with Crippen LogP contribution in [-0.2, 0) is 16.1 Å². The van der Waals surface area contributed by atoms with E-state index in [0.717, 1.165) is 10.0 Å². The fourth-order valence-electron chi connectivity index (χ4n) is 2.00. The van der Waals surface area contributed by atoms with Crippen molar-refractivity contribution in [1.29, 1.82) is 0 Å². The molecule has 1 aliphatic rings. The van der Waals surface area contributed by atoms with Gasteiger partial charge in [0.05, 0.1) is 0 Å². The van der Waals surface area contributed by atoms with Gasteiger partial charge in [-0.15, -0.1) is 0 Å². The van der Waals surface area contributed by atoms with Gasteiger partial charge < -0.3 is 10.0 Å². The Bertz CT molecular complexity index is 461. The van der Waals surface area contributed by atoms with Gasteiger partial charge in [-0.05, 0) is 18.1 Å². The monoisotopic (exact) mass is 297 g/mol. The highest BCUT2D eigenvalue weighted by molar-refractivity contribution is 9.10. The average Bonchev–Trinajstić information content (AvgIpc) is 2.64. The van der Waals surface area contributed by atoms with E-state index in [9.17, 15) is 9.59 Å². The van der Waals surface area contributed by atoms with Crippen molar-refractivity contribution in [2.24, 2.45) is 0 Å². The maximum atomic E-state index is 11.7. The second-order valence-electron chi connectivity index (χ2n) is 4.01. The molecule has 1 N–H and O–H groups in total. The molecular formula is C12H12BrNO3. The Kier molecular flexibility index (Phi) is 3.47. The highest BCUT2D eigenvalue weighted by atomic mass is 79.9. The molecule has 1 aliphatic heterocycles. The van der Waals surface area contributed by atoms with Gasteiger partial charge in [-0.2, -0.15) is 0 Å². The fraction of sp³-hybridized carbons (Fsp3) is 0.333. The number of carboxylic acid groups (broad SMARTS) is 1. The van der Waals surface area contributed by atoms with Gasteiger partial charge in [0.1, 0.15) is 6.04 Å². The normalized spacial score (nSPS) is 19.7. The number of aliphatic carboxylic acids is 1. The van der Waals surface area contributed by atoms with E-state index in [2.05, 4.69) is 15.9 Å². The third-order valence-electron chi connectivity index (χ3n) is 2.91. The summed E-state index contributed by atoms with van der Waals surface area (Å²) in [6.45, 7) is 0.344. The van der Waals surface area contributed by atoms with Crippen LogP contribution < -0.4 is 0 Å². The van der Waals surface area contributed by atoms with Crippen LogP contribution in [-0.4, -0.2) is 27.9 Å². The smallest absolute Gasteiger partial charge is 0.326 e. The molecule has 4 nitrogen and oxygen atoms in total. The van der Waals surface area contributed by atoms with E-state index in [1.807, 2.05) is 24.3 Å². The van der Waals surface area contributed by atoms with Gasteiger partial charge in [-0.3, -0.25) is 4.79 Å². The predicted octanol–water partition coefficient (Wildman–Crippen LogP) is 2.02. The number of carboxylic acids is 1. The Morgan fingerprint density at radius 2 is 2.18 bits per heavy atom. The van der Waals surface area contributed by atoms with E-state index in [4.69, 9.17) is 5.11 Å². The molecule has 0 spiro atoms. The summed E-state index contributed by atoms with van der Waals surface area (Å²) in [6, 6.07) is 6.83. The standard InChI is InChI=1S/C12H12BrNO3/c13-9-4-2-1-3-8(9)7-14-10(12(16)17)5-6-11(14)15/h1-4,10H,5-7H2,(H,16,17). The average molecular weight is 298 g/mol. The number of likely N-dealkylation sites (tertiary alicyclic amines) is 1. The number of halogens is 1. The molecule has 1 amide bonds. The van der Waals surface area contributed by atoms with Crippen LogP contribution >= 0.6 is 15.9 Å². The number of amides is 1. The van der Waals surface area contributed by atoms with Crippen molar-refractivity contribution in [2.45, 2.75) is 25.4 Å². The molecule has 1 atom stereocenters. The second kappa shape index (κ2) is 4.87. The van der Waals surface area contributed by atoms with Crippen molar-refractivity contribution < 1.29 is 14.7 Å². The molecule has 0 aliphatic carbocycles. The van der Waals surface area contributed by atoms with Crippen molar-refractivity contribution in [3.63, 3.8) is 0 Å². The molecule has 1 fully saturated rings. The summed E-state index contributed by atoms with van der Waals surface area (Å²) in [7, 11) is 0. The predicted molar refractivity (Wildman–Crippen MR) is 65.3 cm³/mol. The van der Waals surface area contributed by atoms with Gasteiger partial charge >= 0.3 is 5.97 Å². The molecule has 1 aromatic rings. The van der Waals surface area contributed by atoms with Gasteiger partial charge in [0.2, 0.25) is 5.91 Å². The molecule has 17 heavy (non-hydrogen) atoms. The molecule has 1 saturated heterocycles. The van der Waals surface area contributed by atoms with Gasteiger partial charge in [0.25, 0.3) is 0 Å². The lowest BCUT2D eigenvalue weighted by atomic mass is 10.2. The first-order chi connectivity index (χ1) is 8.09. The van der Waals surface area contributed by atoms with Crippen LogP contribution in [0.5, 0.6) is 0 Å². The van der Waals surface area contributed by atoms with Crippen LogP contribution in [0.3, 0.4) is 0 Å². The fourth-order valence-corrected chi connectivity index (χ4v) is 2.41. The topological polar surface area (TPSA) is 57.6 Å². The van der Waals surface area contributed by atoms with Crippen molar-refractivity contribution in [3.05, 3.63) is 34.3 Å². The van der Waals surface area contributed by atoms with Crippen LogP contribution in [0.1, 0.15) is 18.4 Å². The molecule has 1 unspecified atom stereocenters. The third kappa shape index (κ3) is 2.49. The molecule has 0 saturated carbocycles. The molecule has 0 bridgehead atoms. The summed E-state index contributed by atoms with van der Waals surface area (Å²) in [5.74, 6) is -1.02. The molecule has 0 radical (unpaired) electrons. The highest BCUT2D eigenvalue weighted by Gasteiger charge is 2.35. The quantitative estimate of drug-likeness (QED) is 0.929. The molecule has 1 aromatic carbocycles. The minimum atomic E-state index is -0.928. The number of carbonyl (C=O) groups excluding carboxylic acids is 1. The maximum Gasteiger partial charge on any atom is 0.326 e. The molecule has 1 heterocycles. The molecule has 2 rings (SSSR count). The van der Waals surface area contributed by atoms with Crippen LogP contribution in [0.4, 0.5) is 0 Å². The summed E-state index contributed by atoms with van der Waals surface area (Å²) in [5.41, 5.74) is 0.925. The molecule has 90 valence electrons. The zero-order valence-electron chi connectivity index (χ0n) is 9.10. The lowest BCUT2D eigenvalue weighted by molar-refractivity contribution is -0.146. The maximum absolute atomic E-state index is 11.7. The van der Waals surface area contributed by atoms with Crippen molar-refractivity contribution >= 4 is 27.8 Å². The largest absolute Gasteiger partial charge is 0.480 e. The van der Waals surface area contributed by atoms with Crippen LogP contribution in [0.2, 0.25) is 0 Å². The third-order valence-corrected chi connectivity index (χ3v) is 3.69. The SMILES string of the molecule is O=C(O)C1CCC(=O)N1Cc1ccccc1Br. The zero-order chi connectivity index (χ0) is 12.4. The first-order valence-electron chi connectivity index (χ1n) is 5.35. The molecule has 0 aromatic heterocycles. The Balaban J connectivity index is 2.19. The number of carbonyl (C=O) groups is 2. The Morgan fingerprint density at radius 3 is 2.82 bits per heavy atom. The summed E-state index contributed by atoms with van der Waals surface area (Å²) in [6.07, 6.45) is 0.722. The minimum absolute atomic E-state index is 0.0897. The highest BCUT2D eigenvalue weighted by Crippen LogP contribution is 2.24. The number of rotatable bonds is 3. The number of hydrogen-bond donors (Lipinski definition) is 1. The van der Waals surface area contributed by atoms with E-state index in [1.54, 1.807) is 0 Å². The lowest BCUT2D eigenvalue weighted by Gasteiger charge is -2.22. The first-order valence-corrected chi connectivity index (χ1v) is 6.14. The number of benzene rings is 1. The van der Waals surface area contributed by atoms with Gasteiger partial charge in [0.15, 0.2) is 0 Å². The molecular weight excluding hydrogens is 286 g/mol. The first kappa shape index (κ1) is 12.1. The Morgan fingerprint density at radius 1 is 1.47 bits per heavy atom. The van der Waals surface area contributed by atoms with Crippen molar-refractivity contribution in [2.75, 3.05) is 0 Å². The van der Waals surface area contributed by atoms with Gasteiger partial charge in [0, 0.05) is 17.4 Å². The van der Waals surface area contributed by atoms with E-state index < -0.39 is 12.0 Å². The summed E-state index contributed by atoms with van der Waals surface area (Å²) >= 11 is 3.40. The van der Waals surface area contributed by atoms with Crippen molar-refractivity contribution in [1.82, 2.24) is 4.90 Å². The molecule has 5 heteroatoms. The summed E-state index contributed by atoms with van der Waals surface area (Å²) in [5, 5.41) is 9.04. The number of nitrogens with zero attached hydrogens (tertiary/aromatic N) is 1.